The van der Waals surface area contributed by atoms with Crippen LogP contribution in [0.15, 0.2) is 47.7 Å². The molecule has 1 saturated carbocycles. The van der Waals surface area contributed by atoms with Gasteiger partial charge in [0.05, 0.1) is 6.07 Å². The smallest absolute Gasteiger partial charge is 0.0944 e. The highest BCUT2D eigenvalue weighted by Crippen LogP contribution is 2.53. The molecule has 0 spiro atoms. The molecule has 1 heterocycles. The maximum absolute atomic E-state index is 9.24. The Kier molecular flexibility index (Phi) is 5.42. The first-order valence-electron chi connectivity index (χ1n) is 11.4. The van der Waals surface area contributed by atoms with E-state index in [1.165, 1.54) is 57.1 Å². The minimum atomic E-state index is 0.607. The van der Waals surface area contributed by atoms with E-state index in [2.05, 4.69) is 59.6 Å². The summed E-state index contributed by atoms with van der Waals surface area (Å²) in [7, 11) is 0. The molecular weight excluding hydrogens is 360 g/mol. The Bertz CT molecular complexity index is 755. The van der Waals surface area contributed by atoms with Gasteiger partial charge in [-0.2, -0.15) is 17.0 Å². The highest BCUT2D eigenvalue weighted by molar-refractivity contribution is 8.01. The molecule has 1 N–H and O–H groups in total. The van der Waals surface area contributed by atoms with Crippen LogP contribution in [0, 0.1) is 35.0 Å². The molecule has 5 rings (SSSR count). The summed E-state index contributed by atoms with van der Waals surface area (Å²) < 4.78 is 0. The first-order chi connectivity index (χ1) is 13.8. The van der Waals surface area contributed by atoms with Crippen LogP contribution < -0.4 is 5.32 Å². The topological polar surface area (TPSA) is 35.8 Å². The lowest BCUT2D eigenvalue weighted by Crippen LogP contribution is -2.38. The van der Waals surface area contributed by atoms with E-state index < -0.39 is 0 Å². The van der Waals surface area contributed by atoms with Crippen LogP contribution in [-0.2, 0) is 0 Å². The molecule has 148 valence electrons. The summed E-state index contributed by atoms with van der Waals surface area (Å²) in [6.45, 7) is 0. The van der Waals surface area contributed by atoms with Crippen molar-refractivity contribution < 1.29 is 0 Å². The van der Waals surface area contributed by atoms with Gasteiger partial charge >= 0.3 is 0 Å². The van der Waals surface area contributed by atoms with E-state index in [0.717, 1.165) is 35.0 Å². The molecule has 3 heteroatoms. The molecule has 1 saturated heterocycles. The Morgan fingerprint density at radius 3 is 2.82 bits per heavy atom. The van der Waals surface area contributed by atoms with Gasteiger partial charge in [-0.05, 0) is 87.5 Å². The molecule has 0 aromatic rings. The fraction of sp³-hybridized carbons (Fsp3) is 0.640. The van der Waals surface area contributed by atoms with Gasteiger partial charge in [-0.15, -0.1) is 0 Å². The Hall–Kier alpha value is -1.40. The number of nitrogens with zero attached hydrogens (tertiary/aromatic N) is 1. The number of rotatable bonds is 3. The fourth-order valence-electron chi connectivity index (χ4n) is 6.21. The monoisotopic (exact) mass is 392 g/mol. The summed E-state index contributed by atoms with van der Waals surface area (Å²) in [5, 5.41) is 14.5. The van der Waals surface area contributed by atoms with Crippen molar-refractivity contribution in [2.45, 2.75) is 74.3 Å². The summed E-state index contributed by atoms with van der Waals surface area (Å²) >= 11 is 2.17. The SMILES string of the molecule is N#CC1=CC2SC3CC(NC4=CCC(C5C=CCCC5)C=C4)CCC3C2CC1. The zero-order valence-corrected chi connectivity index (χ0v) is 17.5. The second-order valence-corrected chi connectivity index (χ2v) is 10.8. The Labute approximate surface area is 174 Å². The average molecular weight is 393 g/mol. The summed E-state index contributed by atoms with van der Waals surface area (Å²) in [6, 6.07) is 3.02. The van der Waals surface area contributed by atoms with E-state index >= 15 is 0 Å². The van der Waals surface area contributed by atoms with Crippen molar-refractivity contribution in [1.82, 2.24) is 5.32 Å². The molecule has 2 nitrogen and oxygen atoms in total. The Morgan fingerprint density at radius 1 is 1.07 bits per heavy atom. The van der Waals surface area contributed by atoms with Crippen LogP contribution in [0.25, 0.3) is 0 Å². The minimum absolute atomic E-state index is 0.607. The third-order valence-corrected chi connectivity index (χ3v) is 9.44. The van der Waals surface area contributed by atoms with Crippen LogP contribution in [0.1, 0.15) is 57.8 Å². The molecule has 4 aliphatic carbocycles. The number of allylic oxidation sites excluding steroid dienone is 6. The van der Waals surface area contributed by atoms with Gasteiger partial charge in [0.1, 0.15) is 0 Å². The molecule has 28 heavy (non-hydrogen) atoms. The summed E-state index contributed by atoms with van der Waals surface area (Å²) in [6.07, 6.45) is 25.8. The number of hydrogen-bond donors (Lipinski definition) is 1. The number of thioether (sulfide) groups is 1. The van der Waals surface area contributed by atoms with E-state index in [1.807, 2.05) is 0 Å². The van der Waals surface area contributed by atoms with Crippen molar-refractivity contribution in [3.63, 3.8) is 0 Å². The highest BCUT2D eigenvalue weighted by Gasteiger charge is 2.46. The van der Waals surface area contributed by atoms with Crippen LogP contribution >= 0.6 is 11.8 Å². The van der Waals surface area contributed by atoms with E-state index in [1.54, 1.807) is 0 Å². The maximum Gasteiger partial charge on any atom is 0.0944 e. The lowest BCUT2D eigenvalue weighted by molar-refractivity contribution is 0.240. The lowest BCUT2D eigenvalue weighted by atomic mass is 9.73. The molecule has 0 amide bonds. The van der Waals surface area contributed by atoms with Gasteiger partial charge in [-0.1, -0.05) is 30.4 Å². The number of hydrogen-bond acceptors (Lipinski definition) is 3. The standard InChI is InChI=1S/C25H32N2S/c26-16-17-6-12-22-23-13-11-21(15-25(23)28-24(22)14-17)27-20-9-7-19(8-10-20)18-4-2-1-3-5-18/h2,4,7,9-10,14,18-19,21-25,27H,1,3,5-6,8,11-13,15H2. The third kappa shape index (κ3) is 3.73. The molecule has 7 unspecified atom stereocenters. The zero-order chi connectivity index (χ0) is 18.9. The van der Waals surface area contributed by atoms with E-state index in [0.29, 0.717) is 17.2 Å². The molecule has 5 aliphatic rings. The fourth-order valence-corrected chi connectivity index (χ4v) is 8.28. The predicted molar refractivity (Wildman–Crippen MR) is 118 cm³/mol. The molecule has 2 fully saturated rings. The number of nitrogens with one attached hydrogen (secondary N) is 1. The van der Waals surface area contributed by atoms with Crippen LogP contribution in [0.2, 0.25) is 0 Å². The summed E-state index contributed by atoms with van der Waals surface area (Å²) in [5.74, 6) is 3.16. The zero-order valence-electron chi connectivity index (χ0n) is 16.7. The van der Waals surface area contributed by atoms with Crippen molar-refractivity contribution >= 4 is 11.8 Å². The lowest BCUT2D eigenvalue weighted by Gasteiger charge is -2.35. The van der Waals surface area contributed by atoms with Crippen molar-refractivity contribution in [1.29, 1.82) is 5.26 Å². The van der Waals surface area contributed by atoms with Crippen LogP contribution in [0.3, 0.4) is 0 Å². The van der Waals surface area contributed by atoms with Crippen LogP contribution in [-0.4, -0.2) is 16.5 Å². The van der Waals surface area contributed by atoms with Crippen LogP contribution in [0.5, 0.6) is 0 Å². The van der Waals surface area contributed by atoms with Gasteiger partial charge in [-0.3, -0.25) is 0 Å². The molecule has 0 aromatic heterocycles. The summed E-state index contributed by atoms with van der Waals surface area (Å²) in [4.78, 5) is 0. The predicted octanol–water partition coefficient (Wildman–Crippen LogP) is 5.90. The quantitative estimate of drug-likeness (QED) is 0.607. The van der Waals surface area contributed by atoms with Gasteiger partial charge in [-0.25, -0.2) is 0 Å². The molecule has 7 atom stereocenters. The van der Waals surface area contributed by atoms with E-state index in [4.69, 9.17) is 0 Å². The minimum Gasteiger partial charge on any atom is -0.383 e. The Morgan fingerprint density at radius 2 is 2.04 bits per heavy atom. The Balaban J connectivity index is 1.16. The molecule has 0 aromatic carbocycles. The van der Waals surface area contributed by atoms with Gasteiger partial charge < -0.3 is 5.32 Å². The summed E-state index contributed by atoms with van der Waals surface area (Å²) in [5.41, 5.74) is 2.38. The van der Waals surface area contributed by atoms with E-state index in [9.17, 15) is 5.26 Å². The van der Waals surface area contributed by atoms with Gasteiger partial charge in [0, 0.05) is 27.8 Å². The first kappa shape index (κ1) is 18.6. The maximum atomic E-state index is 9.24. The normalized spacial score (nSPS) is 42.0. The molecule has 0 radical (unpaired) electrons. The van der Waals surface area contributed by atoms with Crippen LogP contribution in [0.4, 0.5) is 0 Å². The van der Waals surface area contributed by atoms with Gasteiger partial charge in [0.25, 0.3) is 0 Å². The molecule has 1 aliphatic heterocycles. The van der Waals surface area contributed by atoms with Crippen molar-refractivity contribution in [3.8, 4) is 6.07 Å². The van der Waals surface area contributed by atoms with Crippen molar-refractivity contribution in [2.24, 2.45) is 23.7 Å². The second kappa shape index (κ2) is 8.15. The number of fused-ring (bicyclic) bond motifs is 3. The van der Waals surface area contributed by atoms with Crippen molar-refractivity contribution in [2.75, 3.05) is 0 Å². The average Bonchev–Trinajstić information content (AvgIpc) is 3.11. The van der Waals surface area contributed by atoms with E-state index in [-0.39, 0.29) is 0 Å². The van der Waals surface area contributed by atoms with Gasteiger partial charge in [0.15, 0.2) is 0 Å². The second-order valence-electron chi connectivity index (χ2n) is 9.40. The molecular formula is C25H32N2S. The highest BCUT2D eigenvalue weighted by atomic mass is 32.2. The third-order valence-electron chi connectivity index (χ3n) is 7.75. The number of nitriles is 1. The van der Waals surface area contributed by atoms with Gasteiger partial charge in [0.2, 0.25) is 0 Å². The largest absolute Gasteiger partial charge is 0.383 e. The molecule has 0 bridgehead atoms. The first-order valence-corrected chi connectivity index (χ1v) is 12.3. The van der Waals surface area contributed by atoms with Crippen molar-refractivity contribution in [3.05, 3.63) is 47.7 Å².